The van der Waals surface area contributed by atoms with E-state index in [0.29, 0.717) is 0 Å². The average Bonchev–Trinajstić information content (AvgIpc) is 2.21. The van der Waals surface area contributed by atoms with Crippen LogP contribution in [-0.4, -0.2) is 20.8 Å². The highest BCUT2D eigenvalue weighted by Gasteiger charge is 2.06. The van der Waals surface area contributed by atoms with Crippen molar-refractivity contribution in [3.05, 3.63) is 17.7 Å². The minimum Gasteiger partial charge on any atom is -0.497 e. The average molecular weight is 195 g/mol. The molecule has 0 bridgehead atoms. The highest BCUT2D eigenvalue weighted by molar-refractivity contribution is 5.60. The normalized spacial score (nSPS) is 9.71. The number of hydrogen-bond acceptors (Lipinski definition) is 3. The van der Waals surface area contributed by atoms with Gasteiger partial charge in [-0.25, -0.2) is 0 Å². The Kier molecular flexibility index (Phi) is 3.63. The molecular weight excluding hydrogens is 178 g/mol. The third-order valence-corrected chi connectivity index (χ3v) is 2.16. The molecule has 0 spiro atoms. The predicted molar refractivity (Wildman–Crippen MR) is 58.4 cm³/mol. The van der Waals surface area contributed by atoms with Crippen molar-refractivity contribution in [3.63, 3.8) is 0 Å². The summed E-state index contributed by atoms with van der Waals surface area (Å²) in [4.78, 5) is 0. The van der Waals surface area contributed by atoms with E-state index in [1.807, 2.05) is 19.1 Å². The number of hydrogen-bond donors (Lipinski definition) is 1. The van der Waals surface area contributed by atoms with Gasteiger partial charge in [0, 0.05) is 29.9 Å². The summed E-state index contributed by atoms with van der Waals surface area (Å²) in [5.74, 6) is 1.66. The van der Waals surface area contributed by atoms with Crippen LogP contribution in [0.25, 0.3) is 0 Å². The first-order valence-electron chi connectivity index (χ1n) is 4.69. The van der Waals surface area contributed by atoms with Crippen LogP contribution >= 0.6 is 0 Å². The van der Waals surface area contributed by atoms with Crippen LogP contribution < -0.4 is 14.8 Å². The second-order valence-corrected chi connectivity index (χ2v) is 3.03. The highest BCUT2D eigenvalue weighted by atomic mass is 16.5. The number of methoxy groups -OCH3 is 2. The lowest BCUT2D eigenvalue weighted by atomic mass is 10.1. The van der Waals surface area contributed by atoms with Crippen molar-refractivity contribution in [2.24, 2.45) is 0 Å². The van der Waals surface area contributed by atoms with Gasteiger partial charge < -0.3 is 14.8 Å². The molecule has 0 saturated heterocycles. The van der Waals surface area contributed by atoms with E-state index < -0.39 is 0 Å². The lowest BCUT2D eigenvalue weighted by Crippen LogP contribution is -2.01. The second-order valence-electron chi connectivity index (χ2n) is 3.03. The van der Waals surface area contributed by atoms with Gasteiger partial charge in [0.1, 0.15) is 11.5 Å². The summed E-state index contributed by atoms with van der Waals surface area (Å²) >= 11 is 0. The Labute approximate surface area is 85.0 Å². The molecule has 0 atom stereocenters. The molecule has 0 saturated carbocycles. The third-order valence-electron chi connectivity index (χ3n) is 2.16. The fourth-order valence-electron chi connectivity index (χ4n) is 1.37. The van der Waals surface area contributed by atoms with Gasteiger partial charge in [-0.05, 0) is 13.8 Å². The predicted octanol–water partition coefficient (Wildman–Crippen LogP) is 2.44. The maximum atomic E-state index is 5.25. The van der Waals surface area contributed by atoms with E-state index in [2.05, 4.69) is 12.2 Å². The van der Waals surface area contributed by atoms with Crippen molar-refractivity contribution >= 4 is 5.69 Å². The van der Waals surface area contributed by atoms with Gasteiger partial charge >= 0.3 is 0 Å². The molecule has 0 aromatic heterocycles. The number of rotatable bonds is 4. The van der Waals surface area contributed by atoms with Crippen molar-refractivity contribution in [1.82, 2.24) is 0 Å². The SMILES string of the molecule is CCNc1cc(OC)cc(OC)c1C. The summed E-state index contributed by atoms with van der Waals surface area (Å²) in [5.41, 5.74) is 2.17. The first kappa shape index (κ1) is 10.7. The number of nitrogens with one attached hydrogen (secondary N) is 1. The zero-order valence-corrected chi connectivity index (χ0v) is 9.18. The van der Waals surface area contributed by atoms with E-state index in [4.69, 9.17) is 9.47 Å². The first-order valence-corrected chi connectivity index (χ1v) is 4.69. The van der Waals surface area contributed by atoms with Crippen LogP contribution in [0.4, 0.5) is 5.69 Å². The molecular formula is C11H17NO2. The molecule has 0 radical (unpaired) electrons. The minimum atomic E-state index is 0.809. The number of ether oxygens (including phenoxy) is 2. The van der Waals surface area contributed by atoms with Gasteiger partial charge in [-0.2, -0.15) is 0 Å². The maximum Gasteiger partial charge on any atom is 0.127 e. The van der Waals surface area contributed by atoms with Crippen LogP contribution in [0.3, 0.4) is 0 Å². The Bertz CT molecular complexity index is 310. The Morgan fingerprint density at radius 3 is 2.43 bits per heavy atom. The number of anilines is 1. The quantitative estimate of drug-likeness (QED) is 0.800. The van der Waals surface area contributed by atoms with Gasteiger partial charge in [-0.3, -0.25) is 0 Å². The summed E-state index contributed by atoms with van der Waals surface area (Å²) in [6.07, 6.45) is 0. The molecule has 0 fully saturated rings. The van der Waals surface area contributed by atoms with Crippen molar-refractivity contribution < 1.29 is 9.47 Å². The number of benzene rings is 1. The van der Waals surface area contributed by atoms with Crippen molar-refractivity contribution in [3.8, 4) is 11.5 Å². The molecule has 0 heterocycles. The summed E-state index contributed by atoms with van der Waals surface area (Å²) in [6.45, 7) is 4.97. The smallest absolute Gasteiger partial charge is 0.127 e. The molecule has 78 valence electrons. The molecule has 1 rings (SSSR count). The van der Waals surface area contributed by atoms with Gasteiger partial charge in [0.25, 0.3) is 0 Å². The molecule has 0 aliphatic carbocycles. The van der Waals surface area contributed by atoms with Crippen molar-refractivity contribution in [2.75, 3.05) is 26.1 Å². The molecule has 1 aromatic carbocycles. The van der Waals surface area contributed by atoms with Gasteiger partial charge in [0.05, 0.1) is 14.2 Å². The van der Waals surface area contributed by atoms with Crippen LogP contribution in [-0.2, 0) is 0 Å². The van der Waals surface area contributed by atoms with E-state index in [-0.39, 0.29) is 0 Å². The molecule has 1 N–H and O–H groups in total. The van der Waals surface area contributed by atoms with Crippen LogP contribution in [0.2, 0.25) is 0 Å². The van der Waals surface area contributed by atoms with E-state index in [1.165, 1.54) is 0 Å². The Morgan fingerprint density at radius 1 is 1.21 bits per heavy atom. The topological polar surface area (TPSA) is 30.5 Å². The molecule has 0 aliphatic heterocycles. The molecule has 0 unspecified atom stereocenters. The lowest BCUT2D eigenvalue weighted by molar-refractivity contribution is 0.393. The lowest BCUT2D eigenvalue weighted by Gasteiger charge is -2.13. The maximum absolute atomic E-state index is 5.25. The standard InChI is InChI=1S/C11H17NO2/c1-5-12-10-6-9(13-3)7-11(14-4)8(10)2/h6-7,12H,5H2,1-4H3. The first-order chi connectivity index (χ1) is 6.72. The van der Waals surface area contributed by atoms with Crippen LogP contribution in [0, 0.1) is 6.92 Å². The van der Waals surface area contributed by atoms with E-state index in [9.17, 15) is 0 Å². The third kappa shape index (κ3) is 2.10. The highest BCUT2D eigenvalue weighted by Crippen LogP contribution is 2.31. The molecule has 0 aliphatic rings. The zero-order valence-electron chi connectivity index (χ0n) is 9.18. The van der Waals surface area contributed by atoms with E-state index in [0.717, 1.165) is 29.3 Å². The fourth-order valence-corrected chi connectivity index (χ4v) is 1.37. The molecule has 3 heteroatoms. The van der Waals surface area contributed by atoms with Gasteiger partial charge in [-0.15, -0.1) is 0 Å². The minimum absolute atomic E-state index is 0.809. The summed E-state index contributed by atoms with van der Waals surface area (Å²) < 4.78 is 10.4. The largest absolute Gasteiger partial charge is 0.497 e. The van der Waals surface area contributed by atoms with Gasteiger partial charge in [0.2, 0.25) is 0 Å². The van der Waals surface area contributed by atoms with Crippen LogP contribution in [0.15, 0.2) is 12.1 Å². The van der Waals surface area contributed by atoms with Gasteiger partial charge in [0.15, 0.2) is 0 Å². The van der Waals surface area contributed by atoms with Crippen LogP contribution in [0.1, 0.15) is 12.5 Å². The van der Waals surface area contributed by atoms with E-state index in [1.54, 1.807) is 14.2 Å². The summed E-state index contributed by atoms with van der Waals surface area (Å²) in [7, 11) is 3.32. The van der Waals surface area contributed by atoms with Gasteiger partial charge in [-0.1, -0.05) is 0 Å². The monoisotopic (exact) mass is 195 g/mol. The second kappa shape index (κ2) is 4.74. The van der Waals surface area contributed by atoms with E-state index >= 15 is 0 Å². The van der Waals surface area contributed by atoms with Crippen molar-refractivity contribution in [2.45, 2.75) is 13.8 Å². The zero-order chi connectivity index (χ0) is 10.6. The Hall–Kier alpha value is -1.38. The Balaban J connectivity index is 3.12. The molecule has 3 nitrogen and oxygen atoms in total. The summed E-state index contributed by atoms with van der Waals surface area (Å²) in [5, 5.41) is 3.27. The molecule has 0 amide bonds. The molecule has 1 aromatic rings. The van der Waals surface area contributed by atoms with Crippen LogP contribution in [0.5, 0.6) is 11.5 Å². The summed E-state index contributed by atoms with van der Waals surface area (Å²) in [6, 6.07) is 3.86. The Morgan fingerprint density at radius 2 is 1.93 bits per heavy atom. The fraction of sp³-hybridized carbons (Fsp3) is 0.455. The molecule has 14 heavy (non-hydrogen) atoms. The van der Waals surface area contributed by atoms with Crippen molar-refractivity contribution in [1.29, 1.82) is 0 Å².